The van der Waals surface area contributed by atoms with E-state index in [1.807, 2.05) is 30.3 Å². The maximum absolute atomic E-state index is 11.9. The first-order valence-corrected chi connectivity index (χ1v) is 7.68. The van der Waals surface area contributed by atoms with Crippen molar-refractivity contribution < 1.29 is 14.6 Å². The molecule has 2 N–H and O–H groups in total. The van der Waals surface area contributed by atoms with E-state index >= 15 is 0 Å². The van der Waals surface area contributed by atoms with Gasteiger partial charge in [-0.1, -0.05) is 30.3 Å². The lowest BCUT2D eigenvalue weighted by molar-refractivity contribution is -0.118. The topological polar surface area (TPSA) is 71.5 Å². The number of amides is 1. The summed E-state index contributed by atoms with van der Waals surface area (Å²) >= 11 is 3.50. The van der Waals surface area contributed by atoms with Crippen LogP contribution >= 0.6 is 15.9 Å². The molecule has 0 radical (unpaired) electrons. The van der Waals surface area contributed by atoms with E-state index in [9.17, 15) is 9.90 Å². The van der Waals surface area contributed by atoms with Crippen LogP contribution in [0.2, 0.25) is 0 Å². The van der Waals surface area contributed by atoms with E-state index in [4.69, 9.17) is 4.74 Å². The first kappa shape index (κ1) is 15.3. The van der Waals surface area contributed by atoms with Crippen LogP contribution in [0.1, 0.15) is 0 Å². The van der Waals surface area contributed by atoms with Gasteiger partial charge in [-0.15, -0.1) is 0 Å². The van der Waals surface area contributed by atoms with Gasteiger partial charge in [-0.25, -0.2) is 4.98 Å². The van der Waals surface area contributed by atoms with Crippen molar-refractivity contribution >= 4 is 38.4 Å². The molecule has 0 fully saturated rings. The Morgan fingerprint density at radius 1 is 1.17 bits per heavy atom. The number of benzene rings is 2. The number of anilines is 1. The summed E-state index contributed by atoms with van der Waals surface area (Å²) in [7, 11) is 0. The molecule has 1 heterocycles. The molecule has 2 aromatic carbocycles. The zero-order chi connectivity index (χ0) is 16.2. The van der Waals surface area contributed by atoms with Gasteiger partial charge in [0.05, 0.1) is 4.47 Å². The van der Waals surface area contributed by atoms with E-state index in [2.05, 4.69) is 26.2 Å². The molecular formula is C17H13BrN2O3. The Bertz CT molecular complexity index is 867. The fourth-order valence-corrected chi connectivity index (χ4v) is 2.74. The van der Waals surface area contributed by atoms with Crippen LogP contribution in [0.3, 0.4) is 0 Å². The maximum Gasteiger partial charge on any atom is 0.263 e. The van der Waals surface area contributed by atoms with Crippen molar-refractivity contribution in [3.63, 3.8) is 0 Å². The van der Waals surface area contributed by atoms with Crippen LogP contribution < -0.4 is 10.1 Å². The second-order valence-corrected chi connectivity index (χ2v) is 5.60. The van der Waals surface area contributed by atoms with Gasteiger partial charge in [0.25, 0.3) is 5.91 Å². The summed E-state index contributed by atoms with van der Waals surface area (Å²) in [6.07, 6.45) is 1.48. The van der Waals surface area contributed by atoms with Gasteiger partial charge in [-0.2, -0.15) is 0 Å². The fourth-order valence-electron chi connectivity index (χ4n) is 2.13. The van der Waals surface area contributed by atoms with Gasteiger partial charge in [-0.05, 0) is 44.9 Å². The van der Waals surface area contributed by atoms with Crippen LogP contribution in [-0.4, -0.2) is 22.6 Å². The summed E-state index contributed by atoms with van der Waals surface area (Å²) < 4.78 is 6.35. The Hall–Kier alpha value is -2.60. The molecule has 0 aliphatic heterocycles. The first-order chi connectivity index (χ1) is 11.1. The number of carbonyl (C=O) groups excluding carboxylic acids is 1. The van der Waals surface area contributed by atoms with E-state index in [0.29, 0.717) is 5.75 Å². The van der Waals surface area contributed by atoms with Gasteiger partial charge in [0, 0.05) is 6.20 Å². The number of halogens is 1. The number of fused-ring (bicyclic) bond motifs is 1. The Labute approximate surface area is 141 Å². The molecule has 0 saturated carbocycles. The molecule has 0 aliphatic rings. The molecule has 0 atom stereocenters. The summed E-state index contributed by atoms with van der Waals surface area (Å²) in [5.41, 5.74) is 0. The molecule has 3 rings (SSSR count). The van der Waals surface area contributed by atoms with E-state index < -0.39 is 5.91 Å². The largest absolute Gasteiger partial charge is 0.504 e. The third-order valence-electron chi connectivity index (χ3n) is 3.23. The molecule has 0 bridgehead atoms. The standard InChI is InChI=1S/C17H13BrN2O3/c18-16-12-5-2-1-4-11(12)7-8-14(16)23-10-15(22)20-17-13(21)6-3-9-19-17/h1-9,21H,10H2,(H,19,20,22). The van der Waals surface area contributed by atoms with E-state index in [0.717, 1.165) is 15.2 Å². The van der Waals surface area contributed by atoms with Gasteiger partial charge in [0.15, 0.2) is 18.2 Å². The van der Waals surface area contributed by atoms with Crippen LogP contribution in [0.4, 0.5) is 5.82 Å². The second kappa shape index (κ2) is 6.66. The molecule has 116 valence electrons. The lowest BCUT2D eigenvalue weighted by Crippen LogP contribution is -2.20. The second-order valence-electron chi connectivity index (χ2n) is 4.81. The highest BCUT2D eigenvalue weighted by atomic mass is 79.9. The Kier molecular flexibility index (Phi) is 4.43. The minimum atomic E-state index is -0.404. The lowest BCUT2D eigenvalue weighted by Gasteiger charge is -2.10. The zero-order valence-electron chi connectivity index (χ0n) is 12.0. The fraction of sp³-hybridized carbons (Fsp3) is 0.0588. The lowest BCUT2D eigenvalue weighted by atomic mass is 10.1. The number of rotatable bonds is 4. The molecule has 0 aliphatic carbocycles. The molecule has 0 saturated heterocycles. The minimum Gasteiger partial charge on any atom is -0.504 e. The summed E-state index contributed by atoms with van der Waals surface area (Å²) in [6.45, 7) is -0.188. The summed E-state index contributed by atoms with van der Waals surface area (Å²) in [5, 5.41) is 14.2. The SMILES string of the molecule is O=C(COc1ccc2ccccc2c1Br)Nc1ncccc1O. The Balaban J connectivity index is 1.70. The summed E-state index contributed by atoms with van der Waals surface area (Å²) in [4.78, 5) is 15.8. The molecule has 0 spiro atoms. The van der Waals surface area contributed by atoms with Crippen LogP contribution in [0.15, 0.2) is 59.2 Å². The van der Waals surface area contributed by atoms with Crippen LogP contribution in [-0.2, 0) is 4.79 Å². The Morgan fingerprint density at radius 2 is 2.00 bits per heavy atom. The van der Waals surface area contributed by atoms with Crippen molar-refractivity contribution in [1.82, 2.24) is 4.98 Å². The number of ether oxygens (including phenoxy) is 1. The molecule has 23 heavy (non-hydrogen) atoms. The molecule has 6 heteroatoms. The van der Waals surface area contributed by atoms with Crippen molar-refractivity contribution in [3.8, 4) is 11.5 Å². The maximum atomic E-state index is 11.9. The molecular weight excluding hydrogens is 360 g/mol. The number of pyridine rings is 1. The van der Waals surface area contributed by atoms with Gasteiger partial charge < -0.3 is 15.2 Å². The number of hydrogen-bond donors (Lipinski definition) is 2. The smallest absolute Gasteiger partial charge is 0.263 e. The molecule has 1 amide bonds. The zero-order valence-corrected chi connectivity index (χ0v) is 13.6. The van der Waals surface area contributed by atoms with Crippen LogP contribution in [0.25, 0.3) is 10.8 Å². The number of nitrogens with zero attached hydrogens (tertiary/aromatic N) is 1. The first-order valence-electron chi connectivity index (χ1n) is 6.89. The average molecular weight is 373 g/mol. The van der Waals surface area contributed by atoms with Crippen molar-refractivity contribution in [1.29, 1.82) is 0 Å². The third kappa shape index (κ3) is 3.43. The highest BCUT2D eigenvalue weighted by Crippen LogP contribution is 2.33. The number of aromatic hydroxyl groups is 1. The quantitative estimate of drug-likeness (QED) is 0.731. The van der Waals surface area contributed by atoms with Gasteiger partial charge in [-0.3, -0.25) is 4.79 Å². The highest BCUT2D eigenvalue weighted by Gasteiger charge is 2.10. The number of aromatic nitrogens is 1. The van der Waals surface area contributed by atoms with Gasteiger partial charge >= 0.3 is 0 Å². The van der Waals surface area contributed by atoms with Crippen LogP contribution in [0, 0.1) is 0 Å². The van der Waals surface area contributed by atoms with E-state index in [1.165, 1.54) is 12.3 Å². The summed E-state index contributed by atoms with van der Waals surface area (Å²) in [5.74, 6) is 0.189. The molecule has 3 aromatic rings. The van der Waals surface area contributed by atoms with E-state index in [-0.39, 0.29) is 18.2 Å². The van der Waals surface area contributed by atoms with Crippen LogP contribution in [0.5, 0.6) is 11.5 Å². The molecule has 1 aromatic heterocycles. The van der Waals surface area contributed by atoms with Crippen molar-refractivity contribution in [3.05, 3.63) is 59.2 Å². The van der Waals surface area contributed by atoms with Crippen molar-refractivity contribution in [2.75, 3.05) is 11.9 Å². The predicted octanol–water partition coefficient (Wildman–Crippen LogP) is 3.72. The monoisotopic (exact) mass is 372 g/mol. The molecule has 5 nitrogen and oxygen atoms in total. The number of nitrogens with one attached hydrogen (secondary N) is 1. The number of hydrogen-bond acceptors (Lipinski definition) is 4. The average Bonchev–Trinajstić information content (AvgIpc) is 2.57. The predicted molar refractivity (Wildman–Crippen MR) is 91.7 cm³/mol. The van der Waals surface area contributed by atoms with Crippen molar-refractivity contribution in [2.24, 2.45) is 0 Å². The van der Waals surface area contributed by atoms with E-state index in [1.54, 1.807) is 12.1 Å². The highest BCUT2D eigenvalue weighted by molar-refractivity contribution is 9.10. The number of carbonyl (C=O) groups is 1. The van der Waals surface area contributed by atoms with Crippen molar-refractivity contribution in [2.45, 2.75) is 0 Å². The Morgan fingerprint density at radius 3 is 2.83 bits per heavy atom. The normalized spacial score (nSPS) is 10.5. The summed E-state index contributed by atoms with van der Waals surface area (Å²) in [6, 6.07) is 14.6. The van der Waals surface area contributed by atoms with Gasteiger partial charge in [0.2, 0.25) is 0 Å². The minimum absolute atomic E-state index is 0.0901. The van der Waals surface area contributed by atoms with Gasteiger partial charge in [0.1, 0.15) is 5.75 Å². The molecule has 0 unspecified atom stereocenters. The third-order valence-corrected chi connectivity index (χ3v) is 4.05.